The minimum atomic E-state index is -0.831. The summed E-state index contributed by atoms with van der Waals surface area (Å²) < 4.78 is 10.5. The summed E-state index contributed by atoms with van der Waals surface area (Å²) in [7, 11) is 1.49. The Morgan fingerprint density at radius 1 is 1.31 bits per heavy atom. The highest BCUT2D eigenvalue weighted by molar-refractivity contribution is 5.19. The predicted octanol–water partition coefficient (Wildman–Crippen LogP) is 1.33. The molecular formula is C11H18N2O3. The van der Waals surface area contributed by atoms with Gasteiger partial charge in [-0.05, 0) is 20.8 Å². The Morgan fingerprint density at radius 3 is 2.50 bits per heavy atom. The minimum Gasteiger partial charge on any atom is -0.480 e. The smallest absolute Gasteiger partial charge is 0.238 e. The normalized spacial score (nSPS) is 13.6. The molecule has 0 aliphatic carbocycles. The third kappa shape index (κ3) is 3.75. The first-order valence-electron chi connectivity index (χ1n) is 5.11. The molecule has 90 valence electrons. The van der Waals surface area contributed by atoms with Crippen molar-refractivity contribution in [2.24, 2.45) is 0 Å². The Hall–Kier alpha value is -1.20. The average molecular weight is 226 g/mol. The Labute approximate surface area is 95.4 Å². The van der Waals surface area contributed by atoms with E-state index < -0.39 is 6.10 Å². The number of aromatic nitrogens is 2. The van der Waals surface area contributed by atoms with E-state index in [1.165, 1.54) is 19.5 Å². The van der Waals surface area contributed by atoms with Crippen LogP contribution in [0.25, 0.3) is 0 Å². The molecule has 1 aromatic heterocycles. The first-order valence-corrected chi connectivity index (χ1v) is 5.11. The molecule has 0 amide bonds. The fourth-order valence-corrected chi connectivity index (χ4v) is 1.13. The molecule has 0 saturated carbocycles. The van der Waals surface area contributed by atoms with Gasteiger partial charge in [-0.2, -0.15) is 0 Å². The molecule has 0 bridgehead atoms. The van der Waals surface area contributed by atoms with Crippen molar-refractivity contribution in [2.75, 3.05) is 13.7 Å². The first-order chi connectivity index (χ1) is 7.44. The number of hydrogen-bond acceptors (Lipinski definition) is 5. The molecule has 1 rings (SSSR count). The van der Waals surface area contributed by atoms with E-state index in [1.54, 1.807) is 0 Å². The Bertz CT molecular complexity index is 336. The van der Waals surface area contributed by atoms with Gasteiger partial charge in [0.15, 0.2) is 0 Å². The second-order valence-electron chi connectivity index (χ2n) is 4.39. The molecule has 16 heavy (non-hydrogen) atoms. The van der Waals surface area contributed by atoms with Gasteiger partial charge in [0.2, 0.25) is 5.88 Å². The zero-order valence-electron chi connectivity index (χ0n) is 10.1. The molecule has 1 aromatic rings. The van der Waals surface area contributed by atoms with Crippen LogP contribution in [0.1, 0.15) is 32.6 Å². The van der Waals surface area contributed by atoms with Crippen LogP contribution in [0, 0.1) is 0 Å². The maximum Gasteiger partial charge on any atom is 0.238 e. The maximum absolute atomic E-state index is 9.89. The fraction of sp³-hybridized carbons (Fsp3) is 0.636. The van der Waals surface area contributed by atoms with Crippen LogP contribution >= 0.6 is 0 Å². The van der Waals surface area contributed by atoms with E-state index in [2.05, 4.69) is 9.97 Å². The van der Waals surface area contributed by atoms with Crippen LogP contribution in [0.2, 0.25) is 0 Å². The lowest BCUT2D eigenvalue weighted by Gasteiger charge is -2.22. The van der Waals surface area contributed by atoms with Gasteiger partial charge < -0.3 is 14.6 Å². The molecule has 5 nitrogen and oxygen atoms in total. The van der Waals surface area contributed by atoms with Gasteiger partial charge in [0.1, 0.15) is 11.8 Å². The molecular weight excluding hydrogens is 208 g/mol. The summed E-state index contributed by atoms with van der Waals surface area (Å²) in [6, 6.07) is 0. The van der Waals surface area contributed by atoms with Crippen LogP contribution in [-0.2, 0) is 4.74 Å². The molecule has 0 spiro atoms. The van der Waals surface area contributed by atoms with Gasteiger partial charge in [-0.25, -0.2) is 4.98 Å². The summed E-state index contributed by atoms with van der Waals surface area (Å²) in [5, 5.41) is 9.89. The van der Waals surface area contributed by atoms with E-state index in [1.807, 2.05) is 20.8 Å². The van der Waals surface area contributed by atoms with Gasteiger partial charge in [0.05, 0.1) is 19.3 Å². The Balaban J connectivity index is 2.69. The third-order valence-electron chi connectivity index (χ3n) is 1.87. The van der Waals surface area contributed by atoms with Gasteiger partial charge in [0, 0.05) is 12.4 Å². The zero-order chi connectivity index (χ0) is 12.2. The van der Waals surface area contributed by atoms with Crippen LogP contribution < -0.4 is 4.74 Å². The topological polar surface area (TPSA) is 64.5 Å². The van der Waals surface area contributed by atoms with Crippen molar-refractivity contribution in [1.82, 2.24) is 9.97 Å². The largest absolute Gasteiger partial charge is 0.480 e. The van der Waals surface area contributed by atoms with Crippen molar-refractivity contribution in [2.45, 2.75) is 32.5 Å². The van der Waals surface area contributed by atoms with E-state index in [-0.39, 0.29) is 12.2 Å². The van der Waals surface area contributed by atoms with Gasteiger partial charge >= 0.3 is 0 Å². The highest BCUT2D eigenvalue weighted by Crippen LogP contribution is 2.21. The lowest BCUT2D eigenvalue weighted by Crippen LogP contribution is -2.23. The standard InChI is InChI=1S/C11H18N2O3/c1-11(2,3)16-7-8(14)9-10(15-4)13-6-5-12-9/h5-6,8,14H,7H2,1-4H3. The second-order valence-corrected chi connectivity index (χ2v) is 4.39. The molecule has 1 heterocycles. The van der Waals surface area contributed by atoms with Crippen molar-refractivity contribution in [3.8, 4) is 5.88 Å². The number of aliphatic hydroxyl groups excluding tert-OH is 1. The monoisotopic (exact) mass is 226 g/mol. The lowest BCUT2D eigenvalue weighted by atomic mass is 10.2. The first kappa shape index (κ1) is 12.9. The number of hydrogen-bond donors (Lipinski definition) is 1. The SMILES string of the molecule is COc1nccnc1C(O)COC(C)(C)C. The number of rotatable bonds is 4. The van der Waals surface area contributed by atoms with Gasteiger partial charge in [-0.1, -0.05) is 0 Å². The summed E-state index contributed by atoms with van der Waals surface area (Å²) in [6.07, 6.45) is 2.19. The summed E-state index contributed by atoms with van der Waals surface area (Å²) in [6.45, 7) is 5.94. The average Bonchev–Trinajstić information content (AvgIpc) is 2.25. The van der Waals surface area contributed by atoms with E-state index in [0.29, 0.717) is 11.6 Å². The van der Waals surface area contributed by atoms with E-state index >= 15 is 0 Å². The Morgan fingerprint density at radius 2 is 1.94 bits per heavy atom. The second kappa shape index (κ2) is 5.23. The summed E-state index contributed by atoms with van der Waals surface area (Å²) in [5.74, 6) is 0.326. The van der Waals surface area contributed by atoms with Crippen LogP contribution in [0.15, 0.2) is 12.4 Å². The number of nitrogens with zero attached hydrogens (tertiary/aromatic N) is 2. The van der Waals surface area contributed by atoms with Crippen molar-refractivity contribution in [1.29, 1.82) is 0 Å². The van der Waals surface area contributed by atoms with Crippen molar-refractivity contribution in [3.05, 3.63) is 18.1 Å². The maximum atomic E-state index is 9.89. The lowest BCUT2D eigenvalue weighted by molar-refractivity contribution is -0.0513. The Kier molecular flexibility index (Phi) is 4.20. The zero-order valence-corrected chi connectivity index (χ0v) is 10.1. The van der Waals surface area contributed by atoms with Crippen LogP contribution in [0.3, 0.4) is 0 Å². The molecule has 0 aromatic carbocycles. The van der Waals surface area contributed by atoms with E-state index in [4.69, 9.17) is 9.47 Å². The van der Waals surface area contributed by atoms with Gasteiger partial charge in [0.25, 0.3) is 0 Å². The minimum absolute atomic E-state index is 0.165. The molecule has 1 atom stereocenters. The molecule has 0 aliphatic rings. The molecule has 0 fully saturated rings. The molecule has 0 aliphatic heterocycles. The van der Waals surface area contributed by atoms with E-state index in [9.17, 15) is 5.11 Å². The van der Waals surface area contributed by atoms with Crippen molar-refractivity contribution in [3.63, 3.8) is 0 Å². The number of ether oxygens (including phenoxy) is 2. The van der Waals surface area contributed by atoms with Crippen LogP contribution in [0.5, 0.6) is 5.88 Å². The van der Waals surface area contributed by atoms with Crippen molar-refractivity contribution >= 4 is 0 Å². The van der Waals surface area contributed by atoms with Gasteiger partial charge in [-0.15, -0.1) is 0 Å². The molecule has 1 N–H and O–H groups in total. The molecule has 0 radical (unpaired) electrons. The van der Waals surface area contributed by atoms with Crippen LogP contribution in [0.4, 0.5) is 0 Å². The van der Waals surface area contributed by atoms with E-state index in [0.717, 1.165) is 0 Å². The third-order valence-corrected chi connectivity index (χ3v) is 1.87. The van der Waals surface area contributed by atoms with Crippen molar-refractivity contribution < 1.29 is 14.6 Å². The highest BCUT2D eigenvalue weighted by atomic mass is 16.5. The molecule has 5 heteroatoms. The number of aliphatic hydroxyl groups is 1. The molecule has 0 saturated heterocycles. The summed E-state index contributed by atoms with van der Waals surface area (Å²) in [4.78, 5) is 8.00. The van der Waals surface area contributed by atoms with Crippen LogP contribution in [-0.4, -0.2) is 34.4 Å². The number of methoxy groups -OCH3 is 1. The highest BCUT2D eigenvalue weighted by Gasteiger charge is 2.19. The molecule has 1 unspecified atom stereocenters. The van der Waals surface area contributed by atoms with Gasteiger partial charge in [-0.3, -0.25) is 4.98 Å². The predicted molar refractivity (Wildman–Crippen MR) is 59.2 cm³/mol. The quantitative estimate of drug-likeness (QED) is 0.839. The fourth-order valence-electron chi connectivity index (χ4n) is 1.13. The summed E-state index contributed by atoms with van der Waals surface area (Å²) in [5.41, 5.74) is 0.102. The summed E-state index contributed by atoms with van der Waals surface area (Å²) >= 11 is 0.